The molecule has 2 rings (SSSR count). The zero-order valence-electron chi connectivity index (χ0n) is 12.5. The summed E-state index contributed by atoms with van der Waals surface area (Å²) in [6, 6.07) is 4.06. The van der Waals surface area contributed by atoms with Gasteiger partial charge in [0.15, 0.2) is 0 Å². The van der Waals surface area contributed by atoms with E-state index in [1.54, 1.807) is 11.6 Å². The van der Waals surface area contributed by atoms with Crippen molar-refractivity contribution in [2.45, 2.75) is 25.8 Å². The third-order valence-corrected chi connectivity index (χ3v) is 4.91. The third kappa shape index (κ3) is 3.85. The van der Waals surface area contributed by atoms with E-state index in [4.69, 9.17) is 4.74 Å². The summed E-state index contributed by atoms with van der Waals surface area (Å²) in [5.74, 6) is -2.57. The summed E-state index contributed by atoms with van der Waals surface area (Å²) < 4.78 is 45.7. The first-order chi connectivity index (χ1) is 10.9. The lowest BCUT2D eigenvalue weighted by atomic mass is 10.2. The summed E-state index contributed by atoms with van der Waals surface area (Å²) in [5.41, 5.74) is -0.386. The number of nitrogens with one attached hydrogen (secondary N) is 1. The monoisotopic (exact) mass is 344 g/mol. The molecule has 1 N–H and O–H groups in total. The molecular formula is C14H17FN2O5S. The molecule has 1 aromatic rings. The molecule has 1 aliphatic rings. The number of nitrogens with zero attached hydrogens (tertiary/aromatic N) is 1. The highest BCUT2D eigenvalue weighted by Crippen LogP contribution is 2.21. The minimum Gasteiger partial charge on any atom is -0.465 e. The van der Waals surface area contributed by atoms with Gasteiger partial charge in [0, 0.05) is 6.54 Å². The van der Waals surface area contributed by atoms with Crippen LogP contribution in [0, 0.1) is 5.82 Å². The van der Waals surface area contributed by atoms with Crippen molar-refractivity contribution in [2.24, 2.45) is 0 Å². The largest absolute Gasteiger partial charge is 0.465 e. The number of esters is 1. The number of benzene rings is 1. The average Bonchev–Trinajstić information content (AvgIpc) is 2.98. The van der Waals surface area contributed by atoms with Crippen LogP contribution in [0.1, 0.15) is 30.1 Å². The molecule has 126 valence electrons. The number of hydrogen-bond acceptors (Lipinski definition) is 5. The maximum absolute atomic E-state index is 13.6. The quantitative estimate of drug-likeness (QED) is 0.799. The molecule has 0 radical (unpaired) electrons. The van der Waals surface area contributed by atoms with E-state index in [1.165, 1.54) is 18.2 Å². The molecule has 0 saturated carbocycles. The second-order valence-electron chi connectivity index (χ2n) is 4.94. The van der Waals surface area contributed by atoms with Gasteiger partial charge in [-0.2, -0.15) is 12.7 Å². The topological polar surface area (TPSA) is 92.8 Å². The van der Waals surface area contributed by atoms with E-state index in [0.717, 1.165) is 10.4 Å². The van der Waals surface area contributed by atoms with Crippen LogP contribution in [0.15, 0.2) is 24.3 Å². The van der Waals surface area contributed by atoms with Crippen LogP contribution in [0.4, 0.5) is 4.39 Å². The van der Waals surface area contributed by atoms with Gasteiger partial charge in [-0.1, -0.05) is 12.1 Å². The fourth-order valence-electron chi connectivity index (χ4n) is 2.38. The van der Waals surface area contributed by atoms with Gasteiger partial charge >= 0.3 is 16.2 Å². The molecule has 0 unspecified atom stereocenters. The Hall–Kier alpha value is -2.00. The summed E-state index contributed by atoms with van der Waals surface area (Å²) in [4.78, 5) is 23.8. The van der Waals surface area contributed by atoms with Crippen molar-refractivity contribution >= 4 is 22.1 Å². The number of carbonyl (C=O) groups is 2. The first kappa shape index (κ1) is 17.4. The molecule has 1 atom stereocenters. The van der Waals surface area contributed by atoms with Gasteiger partial charge in [-0.25, -0.2) is 9.11 Å². The minimum absolute atomic E-state index is 0.0867. The number of hydrogen-bond donors (Lipinski definition) is 1. The van der Waals surface area contributed by atoms with Crippen molar-refractivity contribution in [1.29, 1.82) is 0 Å². The van der Waals surface area contributed by atoms with Crippen molar-refractivity contribution in [3.63, 3.8) is 0 Å². The van der Waals surface area contributed by atoms with Gasteiger partial charge in [-0.3, -0.25) is 9.59 Å². The average molecular weight is 344 g/mol. The van der Waals surface area contributed by atoms with E-state index in [-0.39, 0.29) is 18.7 Å². The Labute approximate surface area is 133 Å². The summed E-state index contributed by atoms with van der Waals surface area (Å²) in [6.45, 7) is 1.83. The second kappa shape index (κ2) is 7.05. The van der Waals surface area contributed by atoms with Crippen molar-refractivity contribution in [3.05, 3.63) is 35.6 Å². The molecule has 0 spiro atoms. The molecule has 0 bridgehead atoms. The molecule has 9 heteroatoms. The molecule has 1 amide bonds. The van der Waals surface area contributed by atoms with E-state index in [2.05, 4.69) is 0 Å². The van der Waals surface area contributed by atoms with E-state index in [0.29, 0.717) is 12.8 Å². The van der Waals surface area contributed by atoms with Gasteiger partial charge < -0.3 is 4.74 Å². The lowest BCUT2D eigenvalue weighted by Gasteiger charge is -2.22. The number of rotatable bonds is 5. The van der Waals surface area contributed by atoms with Crippen LogP contribution in [0.2, 0.25) is 0 Å². The highest BCUT2D eigenvalue weighted by Gasteiger charge is 2.40. The lowest BCUT2D eigenvalue weighted by molar-refractivity contribution is -0.146. The molecule has 1 aromatic carbocycles. The van der Waals surface area contributed by atoms with Crippen LogP contribution in [0.5, 0.6) is 0 Å². The van der Waals surface area contributed by atoms with Gasteiger partial charge in [-0.15, -0.1) is 0 Å². The van der Waals surface area contributed by atoms with Gasteiger partial charge in [0.25, 0.3) is 5.91 Å². The van der Waals surface area contributed by atoms with Gasteiger partial charge in [-0.05, 0) is 31.9 Å². The van der Waals surface area contributed by atoms with Crippen molar-refractivity contribution in [3.8, 4) is 0 Å². The maximum Gasteiger partial charge on any atom is 0.324 e. The van der Waals surface area contributed by atoms with Crippen molar-refractivity contribution < 1.29 is 27.1 Å². The van der Waals surface area contributed by atoms with Gasteiger partial charge in [0.1, 0.15) is 11.9 Å². The Morgan fingerprint density at radius 1 is 1.39 bits per heavy atom. The van der Waals surface area contributed by atoms with E-state index in [9.17, 15) is 22.4 Å². The van der Waals surface area contributed by atoms with Crippen LogP contribution in [0.3, 0.4) is 0 Å². The molecule has 0 aromatic heterocycles. The Kier molecular flexibility index (Phi) is 5.32. The zero-order chi connectivity index (χ0) is 17.0. The molecule has 7 nitrogen and oxygen atoms in total. The Morgan fingerprint density at radius 3 is 2.74 bits per heavy atom. The van der Waals surface area contributed by atoms with Crippen LogP contribution in [-0.4, -0.2) is 43.8 Å². The molecule has 1 heterocycles. The SMILES string of the molecule is CCOC(=O)[C@H]1CCCN1S(=O)(=O)NC(=O)c1ccccc1F. The molecule has 1 aliphatic heterocycles. The summed E-state index contributed by atoms with van der Waals surface area (Å²) in [5, 5.41) is 0. The summed E-state index contributed by atoms with van der Waals surface area (Å²) in [7, 11) is -4.27. The first-order valence-electron chi connectivity index (χ1n) is 7.12. The Morgan fingerprint density at radius 2 is 2.09 bits per heavy atom. The van der Waals surface area contributed by atoms with Gasteiger partial charge in [0.2, 0.25) is 0 Å². The molecule has 23 heavy (non-hydrogen) atoms. The second-order valence-corrected chi connectivity index (χ2v) is 6.56. The fraction of sp³-hybridized carbons (Fsp3) is 0.429. The van der Waals surface area contributed by atoms with Crippen LogP contribution >= 0.6 is 0 Å². The minimum atomic E-state index is -4.27. The zero-order valence-corrected chi connectivity index (χ0v) is 13.3. The third-order valence-electron chi connectivity index (χ3n) is 3.41. The standard InChI is InChI=1S/C14H17FN2O5S/c1-2-22-14(19)12-8-5-9-17(12)23(20,21)16-13(18)10-6-3-4-7-11(10)15/h3-4,6-7,12H,2,5,8-9H2,1H3,(H,16,18)/t12-/m1/s1. The predicted octanol–water partition coefficient (Wildman–Crippen LogP) is 0.828. The predicted molar refractivity (Wildman–Crippen MR) is 79.1 cm³/mol. The molecule has 0 aliphatic carbocycles. The normalized spacial score (nSPS) is 18.6. The van der Waals surface area contributed by atoms with E-state index in [1.807, 2.05) is 0 Å². The molecule has 1 saturated heterocycles. The Bertz CT molecular complexity index is 707. The van der Waals surface area contributed by atoms with E-state index >= 15 is 0 Å². The number of amides is 1. The molecular weight excluding hydrogens is 327 g/mol. The number of halogens is 1. The lowest BCUT2D eigenvalue weighted by Crippen LogP contribution is -2.48. The van der Waals surface area contributed by atoms with E-state index < -0.39 is 33.9 Å². The van der Waals surface area contributed by atoms with Crippen LogP contribution in [-0.2, 0) is 19.7 Å². The Balaban J connectivity index is 2.16. The van der Waals surface area contributed by atoms with Crippen molar-refractivity contribution in [2.75, 3.05) is 13.2 Å². The van der Waals surface area contributed by atoms with Crippen molar-refractivity contribution in [1.82, 2.24) is 9.03 Å². The number of ether oxygens (including phenoxy) is 1. The fourth-order valence-corrected chi connectivity index (χ4v) is 3.74. The summed E-state index contributed by atoms with van der Waals surface area (Å²) in [6.07, 6.45) is 0.784. The highest BCUT2D eigenvalue weighted by atomic mass is 32.2. The van der Waals surface area contributed by atoms with Gasteiger partial charge in [0.05, 0.1) is 12.2 Å². The highest BCUT2D eigenvalue weighted by molar-refractivity contribution is 7.87. The first-order valence-corrected chi connectivity index (χ1v) is 8.56. The summed E-state index contributed by atoms with van der Waals surface area (Å²) >= 11 is 0. The van der Waals surface area contributed by atoms with Crippen LogP contribution < -0.4 is 4.72 Å². The smallest absolute Gasteiger partial charge is 0.324 e. The number of carbonyl (C=O) groups excluding carboxylic acids is 2. The van der Waals surface area contributed by atoms with Crippen LogP contribution in [0.25, 0.3) is 0 Å². The maximum atomic E-state index is 13.6. The molecule has 1 fully saturated rings.